The number of benzene rings is 1. The second kappa shape index (κ2) is 8.03. The minimum Gasteiger partial charge on any atom is -0.377 e. The third-order valence-electron chi connectivity index (χ3n) is 4.13. The Morgan fingerprint density at radius 1 is 1.42 bits per heavy atom. The fraction of sp³-hybridized carbons (Fsp3) is 0.471. The number of nitrogens with one attached hydrogen (secondary N) is 1. The van der Waals surface area contributed by atoms with Crippen LogP contribution in [-0.2, 0) is 22.7 Å². The maximum atomic E-state index is 12.1. The molecule has 0 unspecified atom stereocenters. The predicted octanol–water partition coefficient (Wildman–Crippen LogP) is 1.32. The summed E-state index contributed by atoms with van der Waals surface area (Å²) in [6, 6.07) is 10.5. The van der Waals surface area contributed by atoms with E-state index in [-0.39, 0.29) is 12.5 Å². The van der Waals surface area contributed by atoms with Crippen molar-refractivity contribution in [3.63, 3.8) is 0 Å². The summed E-state index contributed by atoms with van der Waals surface area (Å²) >= 11 is 0. The Bertz CT molecular complexity index is 659. The number of ether oxygens (including phenoxy) is 1. The Labute approximate surface area is 141 Å². The smallest absolute Gasteiger partial charge is 0.246 e. The van der Waals surface area contributed by atoms with E-state index in [0.29, 0.717) is 30.8 Å². The zero-order valence-corrected chi connectivity index (χ0v) is 13.8. The lowest BCUT2D eigenvalue weighted by Crippen LogP contribution is -2.35. The summed E-state index contributed by atoms with van der Waals surface area (Å²) in [5.74, 6) is 1.34. The highest BCUT2D eigenvalue weighted by molar-refractivity contribution is 5.77. The number of nitrogens with zero attached hydrogens (tertiary/aromatic N) is 3. The third kappa shape index (κ3) is 4.39. The number of hydrogen-bond donors (Lipinski definition) is 1. The van der Waals surface area contributed by atoms with Gasteiger partial charge >= 0.3 is 0 Å². The van der Waals surface area contributed by atoms with Gasteiger partial charge in [-0.25, -0.2) is 0 Å². The number of methoxy groups -OCH3 is 1. The molecule has 24 heavy (non-hydrogen) atoms. The number of carbonyl (C=O) groups is 1. The molecule has 1 aromatic carbocycles. The molecular formula is C17H22N4O3. The standard InChI is InChI=1S/C17H22N4O3/c1-23-12-15-19-17(24-20-15)9-18-16(22)11-21-8-7-14(10-21)13-5-3-2-4-6-13/h2-6,14H,7-12H2,1H3,(H,18,22)/t14-/m1/s1. The van der Waals surface area contributed by atoms with Crippen LogP contribution in [0.25, 0.3) is 0 Å². The highest BCUT2D eigenvalue weighted by Crippen LogP contribution is 2.26. The Morgan fingerprint density at radius 3 is 3.04 bits per heavy atom. The van der Waals surface area contributed by atoms with E-state index in [2.05, 4.69) is 44.6 Å². The Balaban J connectivity index is 1.42. The van der Waals surface area contributed by atoms with E-state index < -0.39 is 0 Å². The van der Waals surface area contributed by atoms with Crippen molar-refractivity contribution in [2.75, 3.05) is 26.7 Å². The van der Waals surface area contributed by atoms with E-state index in [4.69, 9.17) is 9.26 Å². The first-order valence-corrected chi connectivity index (χ1v) is 8.09. The molecule has 0 spiro atoms. The molecule has 1 aromatic heterocycles. The van der Waals surface area contributed by atoms with E-state index >= 15 is 0 Å². The molecule has 7 nitrogen and oxygen atoms in total. The van der Waals surface area contributed by atoms with Crippen molar-refractivity contribution in [2.24, 2.45) is 0 Å². The van der Waals surface area contributed by atoms with Crippen LogP contribution in [0.1, 0.15) is 29.6 Å². The highest BCUT2D eigenvalue weighted by atomic mass is 16.5. The summed E-state index contributed by atoms with van der Waals surface area (Å²) in [7, 11) is 1.57. The molecule has 1 saturated heterocycles. The normalized spacial score (nSPS) is 18.0. The summed E-state index contributed by atoms with van der Waals surface area (Å²) in [5.41, 5.74) is 1.34. The van der Waals surface area contributed by atoms with Gasteiger partial charge in [0.05, 0.1) is 13.1 Å². The van der Waals surface area contributed by atoms with Gasteiger partial charge < -0.3 is 14.6 Å². The molecule has 1 fully saturated rings. The SMILES string of the molecule is COCc1noc(CNC(=O)CN2CC[C@@H](c3ccccc3)C2)n1. The molecule has 128 valence electrons. The molecule has 0 saturated carbocycles. The number of carbonyl (C=O) groups excluding carboxylic acids is 1. The maximum Gasteiger partial charge on any atom is 0.246 e. The van der Waals surface area contributed by atoms with Crippen LogP contribution in [0.4, 0.5) is 0 Å². The molecule has 7 heteroatoms. The molecule has 2 aromatic rings. The Kier molecular flexibility index (Phi) is 5.55. The summed E-state index contributed by atoms with van der Waals surface area (Å²) in [6.07, 6.45) is 1.08. The van der Waals surface area contributed by atoms with Crippen molar-refractivity contribution in [3.05, 3.63) is 47.6 Å². The summed E-state index contributed by atoms with van der Waals surface area (Å²) in [4.78, 5) is 18.4. The first-order valence-electron chi connectivity index (χ1n) is 8.09. The van der Waals surface area contributed by atoms with Crippen LogP contribution < -0.4 is 5.32 Å². The lowest BCUT2D eigenvalue weighted by molar-refractivity contribution is -0.122. The van der Waals surface area contributed by atoms with Gasteiger partial charge in [0.1, 0.15) is 6.61 Å². The number of amides is 1. The first kappa shape index (κ1) is 16.6. The lowest BCUT2D eigenvalue weighted by Gasteiger charge is -2.15. The fourth-order valence-corrected chi connectivity index (χ4v) is 2.96. The molecule has 1 aliphatic heterocycles. The zero-order chi connectivity index (χ0) is 16.8. The average molecular weight is 330 g/mol. The summed E-state index contributed by atoms with van der Waals surface area (Å²) < 4.78 is 9.97. The summed E-state index contributed by atoms with van der Waals surface area (Å²) in [5, 5.41) is 6.58. The molecular weight excluding hydrogens is 308 g/mol. The fourth-order valence-electron chi connectivity index (χ4n) is 2.96. The van der Waals surface area contributed by atoms with Gasteiger partial charge in [-0.1, -0.05) is 35.5 Å². The number of hydrogen-bond acceptors (Lipinski definition) is 6. The van der Waals surface area contributed by atoms with Crippen molar-refractivity contribution < 1.29 is 14.1 Å². The van der Waals surface area contributed by atoms with E-state index in [0.717, 1.165) is 19.5 Å². The van der Waals surface area contributed by atoms with Crippen LogP contribution in [0.5, 0.6) is 0 Å². The van der Waals surface area contributed by atoms with E-state index in [1.807, 2.05) is 6.07 Å². The van der Waals surface area contributed by atoms with Gasteiger partial charge in [-0.05, 0) is 24.4 Å². The maximum absolute atomic E-state index is 12.1. The number of rotatable bonds is 7. The molecule has 2 heterocycles. The minimum atomic E-state index is -0.0322. The van der Waals surface area contributed by atoms with Gasteiger partial charge in [0.25, 0.3) is 0 Å². The van der Waals surface area contributed by atoms with Crippen LogP contribution >= 0.6 is 0 Å². The Hall–Kier alpha value is -2.25. The number of likely N-dealkylation sites (tertiary alicyclic amines) is 1. The predicted molar refractivity (Wildman–Crippen MR) is 87.1 cm³/mol. The quantitative estimate of drug-likeness (QED) is 0.825. The molecule has 1 N–H and O–H groups in total. The topological polar surface area (TPSA) is 80.5 Å². The van der Waals surface area contributed by atoms with Crippen molar-refractivity contribution in [3.8, 4) is 0 Å². The molecule has 0 radical (unpaired) electrons. The molecule has 1 amide bonds. The zero-order valence-electron chi connectivity index (χ0n) is 13.8. The molecule has 1 aliphatic rings. The van der Waals surface area contributed by atoms with Crippen molar-refractivity contribution >= 4 is 5.91 Å². The van der Waals surface area contributed by atoms with Crippen molar-refractivity contribution in [2.45, 2.75) is 25.5 Å². The minimum absolute atomic E-state index is 0.0322. The van der Waals surface area contributed by atoms with Gasteiger partial charge in [0.15, 0.2) is 5.82 Å². The van der Waals surface area contributed by atoms with Crippen molar-refractivity contribution in [1.29, 1.82) is 0 Å². The van der Waals surface area contributed by atoms with Crippen LogP contribution in [0.15, 0.2) is 34.9 Å². The Morgan fingerprint density at radius 2 is 2.25 bits per heavy atom. The number of aromatic nitrogens is 2. The van der Waals surface area contributed by atoms with Crippen LogP contribution in [-0.4, -0.2) is 47.7 Å². The lowest BCUT2D eigenvalue weighted by atomic mass is 9.99. The van der Waals surface area contributed by atoms with Gasteiger partial charge in [-0.3, -0.25) is 9.69 Å². The van der Waals surface area contributed by atoms with Crippen molar-refractivity contribution in [1.82, 2.24) is 20.4 Å². The van der Waals surface area contributed by atoms with Gasteiger partial charge in [0.2, 0.25) is 11.8 Å². The van der Waals surface area contributed by atoms with Gasteiger partial charge in [0, 0.05) is 13.7 Å². The van der Waals surface area contributed by atoms with E-state index in [1.54, 1.807) is 7.11 Å². The molecule has 1 atom stereocenters. The van der Waals surface area contributed by atoms with Crippen LogP contribution in [0, 0.1) is 0 Å². The molecule has 0 aliphatic carbocycles. The first-order chi connectivity index (χ1) is 11.7. The highest BCUT2D eigenvalue weighted by Gasteiger charge is 2.25. The van der Waals surface area contributed by atoms with Crippen LogP contribution in [0.2, 0.25) is 0 Å². The second-order valence-corrected chi connectivity index (χ2v) is 5.95. The van der Waals surface area contributed by atoms with Crippen LogP contribution in [0.3, 0.4) is 0 Å². The van der Waals surface area contributed by atoms with E-state index in [1.165, 1.54) is 5.56 Å². The molecule has 3 rings (SSSR count). The monoisotopic (exact) mass is 330 g/mol. The second-order valence-electron chi connectivity index (χ2n) is 5.95. The third-order valence-corrected chi connectivity index (χ3v) is 4.13. The average Bonchev–Trinajstić information content (AvgIpc) is 3.24. The largest absolute Gasteiger partial charge is 0.377 e. The molecule has 0 bridgehead atoms. The van der Waals surface area contributed by atoms with E-state index in [9.17, 15) is 4.79 Å². The van der Waals surface area contributed by atoms with Gasteiger partial charge in [-0.2, -0.15) is 4.98 Å². The summed E-state index contributed by atoms with van der Waals surface area (Å²) in [6.45, 7) is 2.78. The van der Waals surface area contributed by atoms with Gasteiger partial charge in [-0.15, -0.1) is 0 Å².